The third-order valence-electron chi connectivity index (χ3n) is 3.91. The lowest BCUT2D eigenvalue weighted by atomic mass is 10.1. The molecule has 3 nitrogen and oxygen atoms in total. The molecule has 1 unspecified atom stereocenters. The number of carbonyl (C=O) groups is 1. The second-order valence-corrected chi connectivity index (χ2v) is 7.17. The summed E-state index contributed by atoms with van der Waals surface area (Å²) in [6.07, 6.45) is 0.913. The fourth-order valence-electron chi connectivity index (χ4n) is 2.68. The van der Waals surface area contributed by atoms with Crippen molar-refractivity contribution in [3.05, 3.63) is 65.2 Å². The van der Waals surface area contributed by atoms with E-state index in [2.05, 4.69) is 11.4 Å². The van der Waals surface area contributed by atoms with Gasteiger partial charge in [-0.25, -0.2) is 4.79 Å². The van der Waals surface area contributed by atoms with Crippen LogP contribution in [0.2, 0.25) is 5.02 Å². The highest BCUT2D eigenvalue weighted by Gasteiger charge is 2.23. The Hall–Kier alpha value is -1.65. The van der Waals surface area contributed by atoms with Gasteiger partial charge in [0.2, 0.25) is 0 Å². The van der Waals surface area contributed by atoms with Crippen molar-refractivity contribution in [3.63, 3.8) is 0 Å². The molecule has 120 valence electrons. The molecule has 0 aromatic heterocycles. The Bertz CT molecular complexity index is 665. The Balaban J connectivity index is 1.62. The number of hydrogen-bond donors (Lipinski definition) is 1. The Morgan fingerprint density at radius 3 is 2.61 bits per heavy atom. The minimum atomic E-state index is -0.0309. The van der Waals surface area contributed by atoms with E-state index in [4.69, 9.17) is 11.6 Å². The Morgan fingerprint density at radius 1 is 1.09 bits per heavy atom. The average Bonchev–Trinajstić information content (AvgIpc) is 2.82. The highest BCUT2D eigenvalue weighted by atomic mass is 35.5. The van der Waals surface area contributed by atoms with E-state index >= 15 is 0 Å². The molecule has 2 aromatic rings. The minimum absolute atomic E-state index is 0.0309. The number of benzene rings is 2. The normalized spacial score (nSPS) is 18.3. The maximum atomic E-state index is 12.4. The summed E-state index contributed by atoms with van der Waals surface area (Å²) in [4.78, 5) is 14.3. The number of para-hydroxylation sites is 1. The third kappa shape index (κ3) is 4.21. The number of carbonyl (C=O) groups excluding carboxylic acids is 1. The van der Waals surface area contributed by atoms with Gasteiger partial charge in [-0.3, -0.25) is 0 Å². The van der Waals surface area contributed by atoms with Crippen molar-refractivity contribution in [2.75, 3.05) is 24.2 Å². The summed E-state index contributed by atoms with van der Waals surface area (Å²) in [5.74, 6) is 0.915. The van der Waals surface area contributed by atoms with Gasteiger partial charge in [-0.15, -0.1) is 0 Å². The molecule has 0 saturated carbocycles. The number of nitrogens with zero attached hydrogens (tertiary/aromatic N) is 1. The van der Waals surface area contributed by atoms with Gasteiger partial charge in [-0.1, -0.05) is 48.0 Å². The second-order valence-electron chi connectivity index (χ2n) is 5.45. The molecule has 23 heavy (non-hydrogen) atoms. The molecule has 1 heterocycles. The number of hydrogen-bond acceptors (Lipinski definition) is 2. The Labute approximate surface area is 146 Å². The molecule has 0 radical (unpaired) electrons. The van der Waals surface area contributed by atoms with Crippen molar-refractivity contribution in [2.45, 2.75) is 11.7 Å². The number of thioether (sulfide) groups is 1. The third-order valence-corrected chi connectivity index (χ3v) is 5.56. The first-order valence-corrected chi connectivity index (χ1v) is 9.14. The first kappa shape index (κ1) is 16.2. The van der Waals surface area contributed by atoms with Crippen LogP contribution in [0.1, 0.15) is 17.2 Å². The first-order chi connectivity index (χ1) is 11.2. The molecular formula is C18H19ClN2OS. The standard InChI is InChI=1S/C18H19ClN2OS/c19-16-9-5-4-8-15(16)17-10-11-21(12-13-23-17)18(22)20-14-6-2-1-3-7-14/h1-9,17H,10-13H2,(H,20,22). The molecule has 1 atom stereocenters. The first-order valence-electron chi connectivity index (χ1n) is 7.71. The molecule has 0 aliphatic carbocycles. The zero-order chi connectivity index (χ0) is 16.1. The molecule has 2 aromatic carbocycles. The van der Waals surface area contributed by atoms with Crippen LogP contribution in [-0.2, 0) is 0 Å². The molecule has 2 amide bonds. The van der Waals surface area contributed by atoms with Crippen molar-refractivity contribution in [2.24, 2.45) is 0 Å². The number of halogens is 1. The number of anilines is 1. The molecule has 1 N–H and O–H groups in total. The highest BCUT2D eigenvalue weighted by molar-refractivity contribution is 7.99. The lowest BCUT2D eigenvalue weighted by Crippen LogP contribution is -2.36. The number of urea groups is 1. The summed E-state index contributed by atoms with van der Waals surface area (Å²) in [5.41, 5.74) is 2.00. The quantitative estimate of drug-likeness (QED) is 0.825. The fourth-order valence-corrected chi connectivity index (χ4v) is 4.28. The molecule has 1 aliphatic heterocycles. The van der Waals surface area contributed by atoms with Gasteiger partial charge in [0.1, 0.15) is 0 Å². The summed E-state index contributed by atoms with van der Waals surface area (Å²) in [5, 5.41) is 4.11. The van der Waals surface area contributed by atoms with E-state index < -0.39 is 0 Å². The van der Waals surface area contributed by atoms with Crippen LogP contribution in [0.15, 0.2) is 54.6 Å². The summed E-state index contributed by atoms with van der Waals surface area (Å²) in [7, 11) is 0. The fraction of sp³-hybridized carbons (Fsp3) is 0.278. The van der Waals surface area contributed by atoms with Crippen molar-refractivity contribution in [1.82, 2.24) is 4.90 Å². The lowest BCUT2D eigenvalue weighted by Gasteiger charge is -2.21. The van der Waals surface area contributed by atoms with Crippen molar-refractivity contribution in [1.29, 1.82) is 0 Å². The van der Waals surface area contributed by atoms with Crippen LogP contribution < -0.4 is 5.32 Å². The van der Waals surface area contributed by atoms with Gasteiger partial charge in [0.25, 0.3) is 0 Å². The van der Waals surface area contributed by atoms with E-state index in [1.54, 1.807) is 0 Å². The van der Waals surface area contributed by atoms with E-state index in [1.165, 1.54) is 5.56 Å². The van der Waals surface area contributed by atoms with Crippen LogP contribution in [-0.4, -0.2) is 29.8 Å². The topological polar surface area (TPSA) is 32.3 Å². The molecule has 3 rings (SSSR count). The second kappa shape index (κ2) is 7.75. The molecule has 0 spiro atoms. The summed E-state index contributed by atoms with van der Waals surface area (Å²) >= 11 is 8.18. The van der Waals surface area contributed by atoms with Gasteiger partial charge in [0.05, 0.1) is 0 Å². The molecule has 0 bridgehead atoms. The monoisotopic (exact) mass is 346 g/mol. The van der Waals surface area contributed by atoms with Gasteiger partial charge >= 0.3 is 6.03 Å². The maximum absolute atomic E-state index is 12.4. The predicted octanol–water partition coefficient (Wildman–Crippen LogP) is 5.05. The van der Waals surface area contributed by atoms with Gasteiger partial charge in [0.15, 0.2) is 0 Å². The van der Waals surface area contributed by atoms with Crippen LogP contribution >= 0.6 is 23.4 Å². The molecule has 5 heteroatoms. The van der Waals surface area contributed by atoms with Gasteiger partial charge in [0, 0.05) is 34.8 Å². The van der Waals surface area contributed by atoms with Crippen LogP contribution in [0.5, 0.6) is 0 Å². The predicted molar refractivity (Wildman–Crippen MR) is 98.3 cm³/mol. The van der Waals surface area contributed by atoms with E-state index in [-0.39, 0.29) is 6.03 Å². The van der Waals surface area contributed by atoms with Crippen LogP contribution in [0, 0.1) is 0 Å². The van der Waals surface area contributed by atoms with E-state index in [0.29, 0.717) is 5.25 Å². The summed E-state index contributed by atoms with van der Waals surface area (Å²) < 4.78 is 0. The van der Waals surface area contributed by atoms with Gasteiger partial charge < -0.3 is 10.2 Å². The molecule has 1 saturated heterocycles. The van der Waals surface area contributed by atoms with Crippen molar-refractivity contribution in [3.8, 4) is 0 Å². The van der Waals surface area contributed by atoms with E-state index in [9.17, 15) is 4.79 Å². The molecular weight excluding hydrogens is 328 g/mol. The SMILES string of the molecule is O=C(Nc1ccccc1)N1CCSC(c2ccccc2Cl)CC1. The van der Waals surface area contributed by atoms with Crippen molar-refractivity contribution < 1.29 is 4.79 Å². The van der Waals surface area contributed by atoms with E-state index in [1.807, 2.05) is 65.2 Å². The zero-order valence-electron chi connectivity index (χ0n) is 12.7. The highest BCUT2D eigenvalue weighted by Crippen LogP contribution is 2.37. The Kier molecular flexibility index (Phi) is 5.47. The Morgan fingerprint density at radius 2 is 1.83 bits per heavy atom. The van der Waals surface area contributed by atoms with Crippen LogP contribution in [0.3, 0.4) is 0 Å². The smallest absolute Gasteiger partial charge is 0.321 e. The molecule has 1 fully saturated rings. The summed E-state index contributed by atoms with van der Waals surface area (Å²) in [6, 6.07) is 17.5. The van der Waals surface area contributed by atoms with Crippen molar-refractivity contribution >= 4 is 35.1 Å². The number of amides is 2. The zero-order valence-corrected chi connectivity index (χ0v) is 14.3. The van der Waals surface area contributed by atoms with Crippen LogP contribution in [0.4, 0.5) is 10.5 Å². The molecule has 1 aliphatic rings. The van der Waals surface area contributed by atoms with Gasteiger partial charge in [-0.05, 0) is 30.2 Å². The summed E-state index contributed by atoms with van der Waals surface area (Å²) in [6.45, 7) is 1.49. The average molecular weight is 347 g/mol. The number of nitrogens with one attached hydrogen (secondary N) is 1. The largest absolute Gasteiger partial charge is 0.324 e. The number of rotatable bonds is 2. The van der Waals surface area contributed by atoms with Gasteiger partial charge in [-0.2, -0.15) is 11.8 Å². The van der Waals surface area contributed by atoms with E-state index in [0.717, 1.165) is 36.0 Å². The maximum Gasteiger partial charge on any atom is 0.321 e. The lowest BCUT2D eigenvalue weighted by molar-refractivity contribution is 0.215. The van der Waals surface area contributed by atoms with Crippen LogP contribution in [0.25, 0.3) is 0 Å². The minimum Gasteiger partial charge on any atom is -0.324 e.